The van der Waals surface area contributed by atoms with Gasteiger partial charge in [0.2, 0.25) is 5.95 Å². The lowest BCUT2D eigenvalue weighted by Gasteiger charge is -2.43. The van der Waals surface area contributed by atoms with Crippen molar-refractivity contribution in [1.29, 1.82) is 0 Å². The monoisotopic (exact) mass is 554 g/mol. The lowest BCUT2D eigenvalue weighted by molar-refractivity contribution is 0.00578. The summed E-state index contributed by atoms with van der Waals surface area (Å²) in [4.78, 5) is 24.4. The van der Waals surface area contributed by atoms with Crippen LogP contribution in [-0.2, 0) is 25.2 Å². The molecule has 4 rings (SSSR count). The van der Waals surface area contributed by atoms with Gasteiger partial charge in [-0.2, -0.15) is 0 Å². The molecule has 220 valence electrons. The molecule has 0 spiro atoms. The molecule has 1 N–H and O–H groups in total. The van der Waals surface area contributed by atoms with Gasteiger partial charge < -0.3 is 29.0 Å². The molecule has 1 aromatic heterocycles. The minimum atomic E-state index is -0.419. The molecule has 0 atom stereocenters. The first kappa shape index (κ1) is 30.5. The zero-order valence-corrected chi connectivity index (χ0v) is 25.8. The average Bonchev–Trinajstić information content (AvgIpc) is 3.10. The van der Waals surface area contributed by atoms with Crippen LogP contribution < -0.4 is 10.8 Å². The van der Waals surface area contributed by atoms with Crippen LogP contribution in [0.3, 0.4) is 0 Å². The Kier molecular flexibility index (Phi) is 9.02. The predicted octanol–water partition coefficient (Wildman–Crippen LogP) is 5.10. The van der Waals surface area contributed by atoms with Crippen molar-refractivity contribution in [3.8, 4) is 0 Å². The molecule has 40 heavy (non-hydrogen) atoms. The minimum Gasteiger partial charge on any atom is -0.447 e. The Morgan fingerprint density at radius 2 is 1.75 bits per heavy atom. The summed E-state index contributed by atoms with van der Waals surface area (Å²) in [5.41, 5.74) is 1.98. The second-order valence-corrected chi connectivity index (χ2v) is 13.1. The second-order valence-electron chi connectivity index (χ2n) is 13.1. The molecule has 1 amide bonds. The van der Waals surface area contributed by atoms with Gasteiger partial charge >= 0.3 is 13.2 Å². The fourth-order valence-electron chi connectivity index (χ4n) is 5.61. The highest BCUT2D eigenvalue weighted by Crippen LogP contribution is 2.37. The molecule has 10 heteroatoms. The van der Waals surface area contributed by atoms with Crippen molar-refractivity contribution in [2.24, 2.45) is 0 Å². The number of carbonyl (C=O) groups excluding carboxylic acids is 1. The van der Waals surface area contributed by atoms with E-state index in [4.69, 9.17) is 23.8 Å². The van der Waals surface area contributed by atoms with Crippen LogP contribution >= 0.6 is 0 Å². The van der Waals surface area contributed by atoms with Crippen LogP contribution in [0.1, 0.15) is 86.6 Å². The number of rotatable bonds is 8. The highest BCUT2D eigenvalue weighted by molar-refractivity contribution is 6.62. The summed E-state index contributed by atoms with van der Waals surface area (Å²) in [6, 6.07) is 4.61. The Bertz CT molecular complexity index is 1170. The standard InChI is InChI=1S/C30H47BN4O5/c1-10-20-17-22(31-39-29(5,6)30(7,8)40-31)18-21-19-32-26(34-25(20)21)33-23-11-13-24(14-12-23)35(28(2,3)4)27(36)38-16-15-37-9/h17-19,23-24H,10-16H2,1-9H3,(H,32,33,34). The average molecular weight is 555 g/mol. The maximum Gasteiger partial charge on any atom is 0.494 e. The van der Waals surface area contributed by atoms with Gasteiger partial charge in [-0.25, -0.2) is 14.8 Å². The van der Waals surface area contributed by atoms with E-state index in [1.54, 1.807) is 7.11 Å². The lowest BCUT2D eigenvalue weighted by atomic mass is 9.77. The van der Waals surface area contributed by atoms with Crippen LogP contribution in [0.25, 0.3) is 10.9 Å². The third-order valence-corrected chi connectivity index (χ3v) is 8.52. The van der Waals surface area contributed by atoms with Crippen LogP contribution in [-0.4, -0.2) is 77.2 Å². The smallest absolute Gasteiger partial charge is 0.447 e. The number of benzene rings is 1. The molecule has 1 aromatic carbocycles. The van der Waals surface area contributed by atoms with Gasteiger partial charge in [-0.3, -0.25) is 0 Å². The first-order valence-electron chi connectivity index (χ1n) is 14.6. The van der Waals surface area contributed by atoms with Crippen molar-refractivity contribution in [3.63, 3.8) is 0 Å². The van der Waals surface area contributed by atoms with Crippen LogP contribution in [0.5, 0.6) is 0 Å². The van der Waals surface area contributed by atoms with Gasteiger partial charge in [0.1, 0.15) is 6.61 Å². The number of hydrogen-bond acceptors (Lipinski definition) is 8. The summed E-state index contributed by atoms with van der Waals surface area (Å²) in [5, 5.41) is 4.54. The Hall–Kier alpha value is -2.43. The van der Waals surface area contributed by atoms with Crippen molar-refractivity contribution in [1.82, 2.24) is 14.9 Å². The molecule has 1 aliphatic heterocycles. The van der Waals surface area contributed by atoms with E-state index in [0.29, 0.717) is 12.6 Å². The van der Waals surface area contributed by atoms with Crippen molar-refractivity contribution in [2.75, 3.05) is 25.6 Å². The second kappa shape index (κ2) is 11.8. The van der Waals surface area contributed by atoms with Gasteiger partial charge in [0.05, 0.1) is 23.3 Å². The number of nitrogens with one attached hydrogen (secondary N) is 1. The molecular weight excluding hydrogens is 507 g/mol. The van der Waals surface area contributed by atoms with Gasteiger partial charge in [-0.05, 0) is 91.6 Å². The van der Waals surface area contributed by atoms with Gasteiger partial charge in [0.25, 0.3) is 0 Å². The zero-order chi connectivity index (χ0) is 29.3. The van der Waals surface area contributed by atoms with Crippen LogP contribution in [0.2, 0.25) is 0 Å². The largest absolute Gasteiger partial charge is 0.494 e. The number of nitrogens with zero attached hydrogens (tertiary/aromatic N) is 3. The summed E-state index contributed by atoms with van der Waals surface area (Å²) >= 11 is 0. The van der Waals surface area contributed by atoms with Crippen LogP contribution in [0, 0.1) is 0 Å². The number of methoxy groups -OCH3 is 1. The van der Waals surface area contributed by atoms with Crippen LogP contribution in [0.15, 0.2) is 18.3 Å². The number of aryl methyl sites for hydroxylation is 1. The fourth-order valence-corrected chi connectivity index (χ4v) is 5.61. The number of ether oxygens (including phenoxy) is 2. The predicted molar refractivity (Wildman–Crippen MR) is 159 cm³/mol. The Morgan fingerprint density at radius 3 is 2.33 bits per heavy atom. The molecule has 0 radical (unpaired) electrons. The van der Waals surface area contributed by atoms with Crippen molar-refractivity contribution in [3.05, 3.63) is 23.9 Å². The van der Waals surface area contributed by atoms with Gasteiger partial charge in [0.15, 0.2) is 0 Å². The first-order chi connectivity index (χ1) is 18.8. The summed E-state index contributed by atoms with van der Waals surface area (Å²) < 4.78 is 23.1. The quantitative estimate of drug-likeness (QED) is 0.356. The molecule has 2 aromatic rings. The summed E-state index contributed by atoms with van der Waals surface area (Å²) in [5.74, 6) is 0.640. The van der Waals surface area contributed by atoms with E-state index in [1.807, 2.05) is 11.1 Å². The molecule has 2 aliphatic rings. The number of carbonyl (C=O) groups is 1. The molecule has 2 heterocycles. The Morgan fingerprint density at radius 1 is 1.10 bits per heavy atom. The van der Waals surface area contributed by atoms with E-state index in [0.717, 1.165) is 54.0 Å². The maximum absolute atomic E-state index is 12.9. The number of hydrogen-bond donors (Lipinski definition) is 1. The normalized spacial score (nSPS) is 22.4. The lowest BCUT2D eigenvalue weighted by Crippen LogP contribution is -2.53. The molecule has 1 saturated heterocycles. The molecule has 0 bridgehead atoms. The number of amides is 1. The van der Waals surface area contributed by atoms with E-state index in [1.165, 1.54) is 0 Å². The molecule has 2 fully saturated rings. The van der Waals surface area contributed by atoms with Gasteiger partial charge in [-0.1, -0.05) is 19.1 Å². The molecule has 1 aliphatic carbocycles. The summed E-state index contributed by atoms with van der Waals surface area (Å²) in [6.45, 7) is 17.2. The van der Waals surface area contributed by atoms with Crippen molar-refractivity contribution in [2.45, 2.75) is 116 Å². The molecule has 9 nitrogen and oxygen atoms in total. The van der Waals surface area contributed by atoms with E-state index < -0.39 is 18.3 Å². The highest BCUT2D eigenvalue weighted by atomic mass is 16.7. The molecule has 1 saturated carbocycles. The third-order valence-electron chi connectivity index (χ3n) is 8.52. The number of aromatic nitrogens is 2. The van der Waals surface area contributed by atoms with Gasteiger partial charge in [0, 0.05) is 36.3 Å². The van der Waals surface area contributed by atoms with E-state index in [2.05, 4.69) is 77.8 Å². The van der Waals surface area contributed by atoms with Crippen molar-refractivity contribution >= 4 is 35.5 Å². The Labute approximate surface area is 239 Å². The molecule has 0 unspecified atom stereocenters. The summed E-state index contributed by atoms with van der Waals surface area (Å²) in [7, 11) is 1.18. The maximum atomic E-state index is 12.9. The highest BCUT2D eigenvalue weighted by Gasteiger charge is 2.51. The third kappa shape index (κ3) is 6.55. The zero-order valence-electron chi connectivity index (χ0n) is 25.8. The van der Waals surface area contributed by atoms with Crippen molar-refractivity contribution < 1.29 is 23.6 Å². The SMILES string of the molecule is CCc1cc(B2OC(C)(C)C(C)(C)O2)cc2cnc(NC3CCC(N(C(=O)OCCOC)C(C)(C)C)CC3)nc12. The Balaban J connectivity index is 1.44. The topological polar surface area (TPSA) is 95.0 Å². The minimum absolute atomic E-state index is 0.130. The number of anilines is 1. The van der Waals surface area contributed by atoms with E-state index in [9.17, 15) is 4.79 Å². The van der Waals surface area contributed by atoms with E-state index in [-0.39, 0.29) is 30.3 Å². The first-order valence-corrected chi connectivity index (χ1v) is 14.6. The van der Waals surface area contributed by atoms with E-state index >= 15 is 0 Å². The number of fused-ring (bicyclic) bond motifs is 1. The molecular formula is C30H47BN4O5. The van der Waals surface area contributed by atoms with Gasteiger partial charge in [-0.15, -0.1) is 0 Å². The fraction of sp³-hybridized carbons (Fsp3) is 0.700. The van der Waals surface area contributed by atoms with Crippen LogP contribution in [0.4, 0.5) is 10.7 Å². The summed E-state index contributed by atoms with van der Waals surface area (Å²) in [6.07, 6.45) is 6.08.